The van der Waals surface area contributed by atoms with Crippen LogP contribution in [-0.2, 0) is 18.5 Å². The number of carbonyl (C=O) groups is 1. The maximum atomic E-state index is 13.7. The first-order chi connectivity index (χ1) is 14.9. The van der Waals surface area contributed by atoms with Crippen molar-refractivity contribution in [1.29, 1.82) is 0 Å². The monoisotopic (exact) mass is 449 g/mol. The van der Waals surface area contributed by atoms with E-state index in [4.69, 9.17) is 18.6 Å². The van der Waals surface area contributed by atoms with Crippen LogP contribution < -0.4 is 4.74 Å². The number of aromatic hydroxyl groups is 1. The molecule has 0 amide bonds. The number of Topliss-reactive ketones (excluding diaryl/α,β-unsaturated/α-hetero) is 1. The van der Waals surface area contributed by atoms with Gasteiger partial charge in [0.2, 0.25) is 0 Å². The Balaban J connectivity index is 2.08. The molecule has 3 rings (SSSR count). The third-order valence-corrected chi connectivity index (χ3v) is 7.69. The highest BCUT2D eigenvalue weighted by molar-refractivity contribution is 7.54. The molecule has 1 heterocycles. The number of phenols is 1. The van der Waals surface area contributed by atoms with Gasteiger partial charge in [-0.3, -0.25) is 14.2 Å². The SMILES string of the molecule is CCOP(=O)(OCC)[C@@H]1[C@@H](c2ccccc2)[C@H](C(=O)c2ccc(OC)cc2O)ON1C. The third kappa shape index (κ3) is 4.68. The van der Waals surface area contributed by atoms with Gasteiger partial charge in [-0.15, -0.1) is 0 Å². The van der Waals surface area contributed by atoms with Gasteiger partial charge in [-0.25, -0.2) is 0 Å². The fraction of sp³-hybridized carbons (Fsp3) is 0.409. The second-order valence-electron chi connectivity index (χ2n) is 7.04. The number of ether oxygens (including phenoxy) is 1. The van der Waals surface area contributed by atoms with Gasteiger partial charge in [0.25, 0.3) is 0 Å². The number of phenolic OH excluding ortho intramolecular Hbond substituents is 1. The van der Waals surface area contributed by atoms with Gasteiger partial charge in [-0.05, 0) is 31.5 Å². The van der Waals surface area contributed by atoms with Crippen molar-refractivity contribution in [2.75, 3.05) is 27.4 Å². The first-order valence-electron chi connectivity index (χ1n) is 10.1. The molecule has 0 saturated carbocycles. The van der Waals surface area contributed by atoms with Crippen LogP contribution >= 0.6 is 7.60 Å². The van der Waals surface area contributed by atoms with E-state index in [0.717, 1.165) is 5.56 Å². The van der Waals surface area contributed by atoms with Gasteiger partial charge in [0, 0.05) is 19.0 Å². The Morgan fingerprint density at radius 1 is 1.13 bits per heavy atom. The Morgan fingerprint density at radius 2 is 1.77 bits per heavy atom. The third-order valence-electron chi connectivity index (χ3n) is 5.16. The molecule has 0 radical (unpaired) electrons. The van der Waals surface area contributed by atoms with Crippen molar-refractivity contribution in [1.82, 2.24) is 5.06 Å². The number of hydrogen-bond acceptors (Lipinski definition) is 8. The van der Waals surface area contributed by atoms with E-state index in [1.165, 1.54) is 24.3 Å². The van der Waals surface area contributed by atoms with Crippen molar-refractivity contribution in [3.8, 4) is 11.5 Å². The van der Waals surface area contributed by atoms with Crippen molar-refractivity contribution in [2.45, 2.75) is 31.7 Å². The lowest BCUT2D eigenvalue weighted by Crippen LogP contribution is -2.31. The zero-order chi connectivity index (χ0) is 22.6. The van der Waals surface area contributed by atoms with Crippen LogP contribution in [0, 0.1) is 0 Å². The summed E-state index contributed by atoms with van der Waals surface area (Å²) in [6.45, 7) is 3.83. The molecule has 8 nitrogen and oxygen atoms in total. The molecule has 31 heavy (non-hydrogen) atoms. The molecule has 9 heteroatoms. The van der Waals surface area contributed by atoms with E-state index in [2.05, 4.69) is 0 Å². The van der Waals surface area contributed by atoms with Crippen LogP contribution in [0.15, 0.2) is 48.5 Å². The Labute approximate surface area is 182 Å². The molecule has 2 aromatic rings. The summed E-state index contributed by atoms with van der Waals surface area (Å²) < 4.78 is 30.0. The molecule has 1 saturated heterocycles. The number of likely N-dealkylation sites (N-methyl/N-ethyl adjacent to an activating group) is 1. The van der Waals surface area contributed by atoms with Crippen LogP contribution in [0.5, 0.6) is 11.5 Å². The van der Waals surface area contributed by atoms with Gasteiger partial charge in [0.15, 0.2) is 11.9 Å². The van der Waals surface area contributed by atoms with Crippen LogP contribution in [0.3, 0.4) is 0 Å². The highest BCUT2D eigenvalue weighted by Gasteiger charge is 2.56. The summed E-state index contributed by atoms with van der Waals surface area (Å²) in [4.78, 5) is 19.4. The van der Waals surface area contributed by atoms with Crippen LogP contribution in [0.4, 0.5) is 0 Å². The summed E-state index contributed by atoms with van der Waals surface area (Å²) in [5.74, 6) is -1.73. The normalized spacial score (nSPS) is 21.9. The van der Waals surface area contributed by atoms with Crippen LogP contribution in [0.1, 0.15) is 35.7 Å². The molecule has 0 aromatic heterocycles. The second-order valence-corrected chi connectivity index (χ2v) is 9.17. The van der Waals surface area contributed by atoms with E-state index in [1.807, 2.05) is 30.3 Å². The molecule has 3 atom stereocenters. The highest BCUT2D eigenvalue weighted by atomic mass is 31.2. The predicted molar refractivity (Wildman–Crippen MR) is 115 cm³/mol. The molecular weight excluding hydrogens is 421 g/mol. The fourth-order valence-corrected chi connectivity index (χ4v) is 6.14. The first-order valence-corrected chi connectivity index (χ1v) is 11.7. The average molecular weight is 449 g/mol. The van der Waals surface area contributed by atoms with Gasteiger partial charge < -0.3 is 18.9 Å². The van der Waals surface area contributed by atoms with Crippen LogP contribution in [0.25, 0.3) is 0 Å². The minimum absolute atomic E-state index is 0.0865. The van der Waals surface area contributed by atoms with E-state index in [0.29, 0.717) is 5.75 Å². The summed E-state index contributed by atoms with van der Waals surface area (Å²) in [5.41, 5.74) is 0.839. The number of hydrogen-bond donors (Lipinski definition) is 1. The molecule has 1 aliphatic heterocycles. The van der Waals surface area contributed by atoms with Crippen LogP contribution in [0.2, 0.25) is 0 Å². The van der Waals surface area contributed by atoms with Crippen molar-refractivity contribution < 1.29 is 33.1 Å². The number of nitrogens with zero attached hydrogens (tertiary/aromatic N) is 1. The smallest absolute Gasteiger partial charge is 0.350 e. The minimum atomic E-state index is -3.67. The Morgan fingerprint density at radius 3 is 2.32 bits per heavy atom. The number of benzene rings is 2. The average Bonchev–Trinajstić information content (AvgIpc) is 3.12. The Hall–Kier alpha value is -2.22. The molecule has 168 valence electrons. The fourth-order valence-electron chi connectivity index (χ4n) is 3.87. The Bertz CT molecular complexity index is 942. The quantitative estimate of drug-likeness (QED) is 0.450. The number of ketones is 1. The highest BCUT2D eigenvalue weighted by Crippen LogP contribution is 2.61. The summed E-state index contributed by atoms with van der Waals surface area (Å²) in [6.07, 6.45) is -1.04. The molecule has 1 fully saturated rings. The van der Waals surface area contributed by atoms with Gasteiger partial charge in [-0.1, -0.05) is 30.3 Å². The molecule has 2 aromatic carbocycles. The number of carbonyl (C=O) groups excluding carboxylic acids is 1. The molecule has 0 spiro atoms. The maximum absolute atomic E-state index is 13.7. The van der Waals surface area contributed by atoms with Crippen molar-refractivity contribution in [3.63, 3.8) is 0 Å². The minimum Gasteiger partial charge on any atom is -0.507 e. The summed E-state index contributed by atoms with van der Waals surface area (Å²) >= 11 is 0. The lowest BCUT2D eigenvalue weighted by Gasteiger charge is -2.30. The summed E-state index contributed by atoms with van der Waals surface area (Å²) in [5, 5.41) is 11.8. The molecule has 1 aliphatic rings. The molecule has 1 N–H and O–H groups in total. The number of hydroxylamine groups is 2. The van der Waals surface area contributed by atoms with Gasteiger partial charge in [0.1, 0.15) is 17.3 Å². The second kappa shape index (κ2) is 9.94. The molecule has 0 aliphatic carbocycles. The van der Waals surface area contributed by atoms with E-state index in [9.17, 15) is 14.5 Å². The maximum Gasteiger partial charge on any atom is 0.350 e. The topological polar surface area (TPSA) is 94.5 Å². The lowest BCUT2D eigenvalue weighted by molar-refractivity contribution is -0.122. The predicted octanol–water partition coefficient (Wildman–Crippen LogP) is 4.21. The van der Waals surface area contributed by atoms with Crippen molar-refractivity contribution in [2.24, 2.45) is 0 Å². The standard InChI is InChI=1S/C22H28NO7P/c1-5-28-31(26,29-6-2)22-19(15-10-8-7-9-11-15)21(30-23(22)3)20(25)17-13-12-16(27-4)14-18(17)24/h7-14,19,21-22,24H,5-6H2,1-4H3/t19-,21+,22+/m0/s1. The molecule has 0 unspecified atom stereocenters. The molecular formula is C22H28NO7P. The van der Waals surface area contributed by atoms with Gasteiger partial charge >= 0.3 is 7.60 Å². The van der Waals surface area contributed by atoms with E-state index < -0.39 is 31.2 Å². The molecule has 0 bridgehead atoms. The van der Waals surface area contributed by atoms with Gasteiger partial charge in [-0.2, -0.15) is 5.06 Å². The van der Waals surface area contributed by atoms with E-state index >= 15 is 0 Å². The zero-order valence-corrected chi connectivity index (χ0v) is 19.0. The van der Waals surface area contributed by atoms with Crippen molar-refractivity contribution >= 4 is 13.4 Å². The number of methoxy groups -OCH3 is 1. The first kappa shape index (κ1) is 23.4. The number of rotatable bonds is 9. The van der Waals surface area contributed by atoms with Crippen molar-refractivity contribution in [3.05, 3.63) is 59.7 Å². The summed E-state index contributed by atoms with van der Waals surface area (Å²) in [7, 11) is -0.595. The zero-order valence-electron chi connectivity index (χ0n) is 18.1. The Kier molecular flexibility index (Phi) is 7.51. The van der Waals surface area contributed by atoms with Crippen LogP contribution in [-0.4, -0.2) is 55.2 Å². The van der Waals surface area contributed by atoms with Gasteiger partial charge in [0.05, 0.1) is 25.9 Å². The summed E-state index contributed by atoms with van der Waals surface area (Å²) in [6, 6.07) is 13.7. The van der Waals surface area contributed by atoms with E-state index in [-0.39, 0.29) is 24.5 Å². The van der Waals surface area contributed by atoms with E-state index in [1.54, 1.807) is 27.0 Å². The largest absolute Gasteiger partial charge is 0.507 e. The lowest BCUT2D eigenvalue weighted by atomic mass is 9.89.